The van der Waals surface area contributed by atoms with Gasteiger partial charge in [-0.2, -0.15) is 13.2 Å². The highest BCUT2D eigenvalue weighted by molar-refractivity contribution is 9.10. The van der Waals surface area contributed by atoms with Gasteiger partial charge in [0, 0.05) is 22.8 Å². The Kier molecular flexibility index (Phi) is 4.51. The van der Waals surface area contributed by atoms with Gasteiger partial charge in [0.25, 0.3) is 0 Å². The fraction of sp³-hybridized carbons (Fsp3) is 0.143. The molecular formula is C14H9BrF5N. The number of anilines is 1. The van der Waals surface area contributed by atoms with Crippen LogP contribution in [0, 0.1) is 11.6 Å². The van der Waals surface area contributed by atoms with Gasteiger partial charge in [-0.1, -0.05) is 15.9 Å². The molecule has 0 fully saturated rings. The summed E-state index contributed by atoms with van der Waals surface area (Å²) in [5, 5.41) is 2.70. The summed E-state index contributed by atoms with van der Waals surface area (Å²) < 4.78 is 64.2. The van der Waals surface area contributed by atoms with Gasteiger partial charge < -0.3 is 5.32 Å². The normalized spacial score (nSPS) is 11.5. The highest BCUT2D eigenvalue weighted by Crippen LogP contribution is 2.36. The molecule has 0 atom stereocenters. The number of hydrogen-bond donors (Lipinski definition) is 1. The van der Waals surface area contributed by atoms with E-state index in [1.54, 1.807) is 0 Å². The van der Waals surface area contributed by atoms with Crippen LogP contribution in [-0.2, 0) is 12.7 Å². The standard InChI is InChI=1S/C14H9BrF5N/c15-13-2-1-11(6-12(13)14(18,19)20)21-7-8-3-9(16)5-10(17)4-8/h1-6,21H,7H2. The number of halogens is 6. The third-order valence-electron chi connectivity index (χ3n) is 2.69. The zero-order valence-electron chi connectivity index (χ0n) is 10.4. The number of benzene rings is 2. The fourth-order valence-electron chi connectivity index (χ4n) is 1.77. The first-order valence-electron chi connectivity index (χ1n) is 5.81. The maximum absolute atomic E-state index is 13.0. The van der Waals surface area contributed by atoms with Crippen molar-refractivity contribution >= 4 is 21.6 Å². The predicted molar refractivity (Wildman–Crippen MR) is 72.8 cm³/mol. The van der Waals surface area contributed by atoms with Crippen molar-refractivity contribution in [2.45, 2.75) is 12.7 Å². The summed E-state index contributed by atoms with van der Waals surface area (Å²) in [5.41, 5.74) is -0.322. The fourth-order valence-corrected chi connectivity index (χ4v) is 2.24. The van der Waals surface area contributed by atoms with E-state index in [4.69, 9.17) is 0 Å². The molecule has 0 aliphatic heterocycles. The van der Waals surface area contributed by atoms with Crippen molar-refractivity contribution < 1.29 is 22.0 Å². The lowest BCUT2D eigenvalue weighted by Gasteiger charge is -2.12. The van der Waals surface area contributed by atoms with E-state index >= 15 is 0 Å². The van der Waals surface area contributed by atoms with Gasteiger partial charge in [0.2, 0.25) is 0 Å². The molecule has 0 bridgehead atoms. The molecule has 0 saturated carbocycles. The Balaban J connectivity index is 2.17. The molecule has 0 unspecified atom stereocenters. The Hall–Kier alpha value is -1.63. The van der Waals surface area contributed by atoms with Gasteiger partial charge >= 0.3 is 6.18 Å². The first kappa shape index (κ1) is 15.8. The molecule has 0 saturated heterocycles. The largest absolute Gasteiger partial charge is 0.417 e. The molecular weight excluding hydrogens is 357 g/mol. The summed E-state index contributed by atoms with van der Waals surface area (Å²) in [6.07, 6.45) is -4.48. The minimum Gasteiger partial charge on any atom is -0.381 e. The number of alkyl halides is 3. The molecule has 0 aliphatic rings. The van der Waals surface area contributed by atoms with Gasteiger partial charge in [0.05, 0.1) is 5.56 Å². The molecule has 0 radical (unpaired) electrons. The first-order chi connectivity index (χ1) is 9.75. The van der Waals surface area contributed by atoms with Crippen LogP contribution in [0.1, 0.15) is 11.1 Å². The van der Waals surface area contributed by atoms with E-state index in [2.05, 4.69) is 21.2 Å². The van der Waals surface area contributed by atoms with Crippen molar-refractivity contribution in [3.63, 3.8) is 0 Å². The second kappa shape index (κ2) is 6.01. The van der Waals surface area contributed by atoms with Crippen LogP contribution in [0.3, 0.4) is 0 Å². The smallest absolute Gasteiger partial charge is 0.381 e. The molecule has 1 N–H and O–H groups in total. The Morgan fingerprint density at radius 3 is 2.14 bits per heavy atom. The molecule has 0 spiro atoms. The van der Waals surface area contributed by atoms with Crippen LogP contribution in [0.2, 0.25) is 0 Å². The van der Waals surface area contributed by atoms with E-state index in [0.29, 0.717) is 5.56 Å². The topological polar surface area (TPSA) is 12.0 Å². The van der Waals surface area contributed by atoms with E-state index in [0.717, 1.165) is 24.3 Å². The number of rotatable bonds is 3. The summed E-state index contributed by atoms with van der Waals surface area (Å²) in [5.74, 6) is -1.47. The first-order valence-corrected chi connectivity index (χ1v) is 6.60. The van der Waals surface area contributed by atoms with Gasteiger partial charge in [-0.15, -0.1) is 0 Å². The molecule has 2 rings (SSSR count). The monoisotopic (exact) mass is 365 g/mol. The van der Waals surface area contributed by atoms with E-state index < -0.39 is 23.4 Å². The second-order valence-electron chi connectivity index (χ2n) is 4.32. The predicted octanol–water partition coefficient (Wildman–Crippen LogP) is 5.36. The summed E-state index contributed by atoms with van der Waals surface area (Å²) in [6, 6.07) is 6.58. The van der Waals surface area contributed by atoms with Crippen LogP contribution in [-0.4, -0.2) is 0 Å². The lowest BCUT2D eigenvalue weighted by atomic mass is 10.1. The molecule has 21 heavy (non-hydrogen) atoms. The maximum atomic E-state index is 13.0. The Morgan fingerprint density at radius 2 is 1.57 bits per heavy atom. The Labute approximate surface area is 125 Å². The molecule has 2 aromatic rings. The zero-order chi connectivity index (χ0) is 15.6. The van der Waals surface area contributed by atoms with Crippen molar-refractivity contribution in [3.05, 3.63) is 63.6 Å². The molecule has 0 aromatic heterocycles. The molecule has 1 nitrogen and oxygen atoms in total. The molecule has 0 heterocycles. The molecule has 7 heteroatoms. The molecule has 0 aliphatic carbocycles. The zero-order valence-corrected chi connectivity index (χ0v) is 12.0. The van der Waals surface area contributed by atoms with E-state index in [9.17, 15) is 22.0 Å². The summed E-state index contributed by atoms with van der Waals surface area (Å²) >= 11 is 2.83. The lowest BCUT2D eigenvalue weighted by molar-refractivity contribution is -0.138. The highest BCUT2D eigenvalue weighted by atomic mass is 79.9. The van der Waals surface area contributed by atoms with Gasteiger partial charge in [-0.25, -0.2) is 8.78 Å². The summed E-state index contributed by atoms with van der Waals surface area (Å²) in [4.78, 5) is 0. The van der Waals surface area contributed by atoms with Crippen LogP contribution in [0.25, 0.3) is 0 Å². The molecule has 112 valence electrons. The Morgan fingerprint density at radius 1 is 0.952 bits per heavy atom. The maximum Gasteiger partial charge on any atom is 0.417 e. The van der Waals surface area contributed by atoms with Gasteiger partial charge in [-0.05, 0) is 35.9 Å². The number of hydrogen-bond acceptors (Lipinski definition) is 1. The van der Waals surface area contributed by atoms with Gasteiger partial charge in [0.15, 0.2) is 0 Å². The third-order valence-corrected chi connectivity index (χ3v) is 3.38. The quantitative estimate of drug-likeness (QED) is 0.722. The highest BCUT2D eigenvalue weighted by Gasteiger charge is 2.33. The van der Waals surface area contributed by atoms with E-state index in [1.807, 2.05) is 0 Å². The van der Waals surface area contributed by atoms with Crippen LogP contribution < -0.4 is 5.32 Å². The molecule has 0 amide bonds. The minimum absolute atomic E-state index is 0.00755. The van der Waals surface area contributed by atoms with Crippen LogP contribution >= 0.6 is 15.9 Å². The molecule has 2 aromatic carbocycles. The van der Waals surface area contributed by atoms with Gasteiger partial charge in [-0.3, -0.25) is 0 Å². The average Bonchev–Trinajstić information content (AvgIpc) is 2.35. The second-order valence-corrected chi connectivity index (χ2v) is 5.18. The minimum atomic E-state index is -4.48. The van der Waals surface area contributed by atoms with Crippen molar-refractivity contribution in [1.29, 1.82) is 0 Å². The summed E-state index contributed by atoms with van der Waals surface area (Å²) in [7, 11) is 0. The van der Waals surface area contributed by atoms with Crippen molar-refractivity contribution in [2.24, 2.45) is 0 Å². The van der Waals surface area contributed by atoms with Crippen molar-refractivity contribution in [3.8, 4) is 0 Å². The van der Waals surface area contributed by atoms with E-state index in [-0.39, 0.29) is 16.7 Å². The van der Waals surface area contributed by atoms with Crippen molar-refractivity contribution in [2.75, 3.05) is 5.32 Å². The van der Waals surface area contributed by atoms with E-state index in [1.165, 1.54) is 12.1 Å². The van der Waals surface area contributed by atoms with Crippen molar-refractivity contribution in [1.82, 2.24) is 0 Å². The average molecular weight is 366 g/mol. The lowest BCUT2D eigenvalue weighted by Crippen LogP contribution is -2.08. The third kappa shape index (κ3) is 4.17. The summed E-state index contributed by atoms with van der Waals surface area (Å²) in [6.45, 7) is 0.00755. The Bertz CT molecular complexity index is 634. The van der Waals surface area contributed by atoms with Crippen LogP contribution in [0.15, 0.2) is 40.9 Å². The number of nitrogens with one attached hydrogen (secondary N) is 1. The van der Waals surface area contributed by atoms with Crippen LogP contribution in [0.5, 0.6) is 0 Å². The SMILES string of the molecule is Fc1cc(F)cc(CNc2ccc(Br)c(C(F)(F)F)c2)c1. The van der Waals surface area contributed by atoms with Gasteiger partial charge in [0.1, 0.15) is 11.6 Å². The van der Waals surface area contributed by atoms with Crippen LogP contribution in [0.4, 0.5) is 27.6 Å².